The highest BCUT2D eigenvalue weighted by atomic mass is 32.2. The molecule has 2 aromatic rings. The summed E-state index contributed by atoms with van der Waals surface area (Å²) in [5.41, 5.74) is 5.63. The van der Waals surface area contributed by atoms with Gasteiger partial charge in [-0.25, -0.2) is 21.9 Å². The summed E-state index contributed by atoms with van der Waals surface area (Å²) in [6.45, 7) is 1.67. The molecule has 5 nitrogen and oxygen atoms in total. The lowest BCUT2D eigenvalue weighted by Gasteiger charge is -2.10. The van der Waals surface area contributed by atoms with Crippen molar-refractivity contribution in [2.45, 2.75) is 18.4 Å². The minimum absolute atomic E-state index is 0.105. The van der Waals surface area contributed by atoms with Gasteiger partial charge < -0.3 is 5.73 Å². The number of nitrogen functional groups attached to an aromatic ring is 1. The van der Waals surface area contributed by atoms with Crippen LogP contribution in [0.4, 0.5) is 14.5 Å². The Hall–Kier alpha value is -2.06. The highest BCUT2D eigenvalue weighted by Crippen LogP contribution is 2.22. The fraction of sp³-hybridized carbons (Fsp3) is 0.154. The lowest BCUT2D eigenvalue weighted by atomic mass is 10.2. The number of anilines is 1. The van der Waals surface area contributed by atoms with Gasteiger partial charge in [-0.3, -0.25) is 4.98 Å². The molecular formula is C13H13F2N3O2S. The summed E-state index contributed by atoms with van der Waals surface area (Å²) in [5, 5.41) is 0. The van der Waals surface area contributed by atoms with Gasteiger partial charge in [0.05, 0.1) is 12.2 Å². The molecule has 0 fully saturated rings. The number of halogens is 2. The lowest BCUT2D eigenvalue weighted by molar-refractivity contribution is 0.547. The van der Waals surface area contributed by atoms with E-state index in [1.807, 2.05) is 0 Å². The van der Waals surface area contributed by atoms with Gasteiger partial charge >= 0.3 is 0 Å². The van der Waals surface area contributed by atoms with E-state index in [0.29, 0.717) is 5.69 Å². The second kappa shape index (κ2) is 5.74. The second-order valence-corrected chi connectivity index (χ2v) is 6.10. The number of nitrogens with zero attached hydrogens (tertiary/aromatic N) is 1. The number of hydrogen-bond acceptors (Lipinski definition) is 4. The van der Waals surface area contributed by atoms with Gasteiger partial charge in [-0.1, -0.05) is 6.07 Å². The Morgan fingerprint density at radius 1 is 1.29 bits per heavy atom. The van der Waals surface area contributed by atoms with Gasteiger partial charge in [0.15, 0.2) is 5.82 Å². The van der Waals surface area contributed by atoms with Crippen LogP contribution >= 0.6 is 0 Å². The molecular weight excluding hydrogens is 300 g/mol. The average Bonchev–Trinajstić information content (AvgIpc) is 2.44. The van der Waals surface area contributed by atoms with E-state index in [4.69, 9.17) is 5.73 Å². The Kier molecular flexibility index (Phi) is 4.19. The number of sulfonamides is 1. The summed E-state index contributed by atoms with van der Waals surface area (Å²) in [7, 11) is -4.16. The van der Waals surface area contributed by atoms with Gasteiger partial charge in [0.25, 0.3) is 0 Å². The van der Waals surface area contributed by atoms with Gasteiger partial charge in [0.2, 0.25) is 10.0 Å². The molecule has 0 unspecified atom stereocenters. The zero-order chi connectivity index (χ0) is 15.6. The molecule has 2 rings (SSSR count). The van der Waals surface area contributed by atoms with Crippen LogP contribution in [0.15, 0.2) is 35.4 Å². The largest absolute Gasteiger partial charge is 0.394 e. The van der Waals surface area contributed by atoms with Gasteiger partial charge in [-0.15, -0.1) is 0 Å². The molecule has 1 aromatic carbocycles. The van der Waals surface area contributed by atoms with E-state index in [1.54, 1.807) is 19.1 Å². The first-order chi connectivity index (χ1) is 9.83. The average molecular weight is 313 g/mol. The zero-order valence-electron chi connectivity index (χ0n) is 11.1. The topological polar surface area (TPSA) is 85.1 Å². The number of nitrogens with one attached hydrogen (secondary N) is 1. The summed E-state index contributed by atoms with van der Waals surface area (Å²) < 4.78 is 53.1. The van der Waals surface area contributed by atoms with Crippen molar-refractivity contribution < 1.29 is 17.2 Å². The Bertz CT molecular complexity index is 779. The number of hydrogen-bond donors (Lipinski definition) is 2. The smallest absolute Gasteiger partial charge is 0.243 e. The quantitative estimate of drug-likeness (QED) is 0.842. The van der Waals surface area contributed by atoms with Crippen molar-refractivity contribution in [3.05, 3.63) is 53.4 Å². The molecule has 0 radical (unpaired) electrons. The van der Waals surface area contributed by atoms with Crippen molar-refractivity contribution in [2.75, 3.05) is 5.73 Å². The van der Waals surface area contributed by atoms with Crippen LogP contribution in [0, 0.1) is 18.6 Å². The summed E-state index contributed by atoms with van der Waals surface area (Å²) in [5.74, 6) is -2.31. The highest BCUT2D eigenvalue weighted by molar-refractivity contribution is 7.89. The molecule has 21 heavy (non-hydrogen) atoms. The first kappa shape index (κ1) is 15.3. The van der Waals surface area contributed by atoms with Gasteiger partial charge in [-0.05, 0) is 30.7 Å². The molecule has 0 saturated heterocycles. The lowest BCUT2D eigenvalue weighted by Crippen LogP contribution is -2.25. The highest BCUT2D eigenvalue weighted by Gasteiger charge is 2.22. The van der Waals surface area contributed by atoms with Crippen LogP contribution in [0.25, 0.3) is 0 Å². The van der Waals surface area contributed by atoms with Crippen molar-refractivity contribution in [2.24, 2.45) is 0 Å². The third kappa shape index (κ3) is 3.17. The third-order valence-corrected chi connectivity index (χ3v) is 4.35. The van der Waals surface area contributed by atoms with Crippen molar-refractivity contribution in [3.63, 3.8) is 0 Å². The molecule has 112 valence electrons. The number of nitrogens with two attached hydrogens (primary N) is 1. The van der Waals surface area contributed by atoms with Crippen LogP contribution < -0.4 is 10.5 Å². The van der Waals surface area contributed by atoms with E-state index in [9.17, 15) is 17.2 Å². The van der Waals surface area contributed by atoms with E-state index >= 15 is 0 Å². The first-order valence-electron chi connectivity index (χ1n) is 5.96. The fourth-order valence-electron chi connectivity index (χ4n) is 1.70. The molecule has 3 N–H and O–H groups in total. The number of benzene rings is 1. The maximum absolute atomic E-state index is 13.8. The number of aryl methyl sites for hydroxylation is 1. The Morgan fingerprint density at radius 2 is 2.00 bits per heavy atom. The van der Waals surface area contributed by atoms with Crippen LogP contribution in [-0.4, -0.2) is 13.4 Å². The van der Waals surface area contributed by atoms with Crippen molar-refractivity contribution in [1.29, 1.82) is 0 Å². The van der Waals surface area contributed by atoms with Crippen LogP contribution in [0.3, 0.4) is 0 Å². The normalized spacial score (nSPS) is 11.6. The first-order valence-corrected chi connectivity index (χ1v) is 7.45. The van der Waals surface area contributed by atoms with E-state index < -0.39 is 32.2 Å². The Labute approximate surface area is 120 Å². The molecule has 0 saturated carbocycles. The van der Waals surface area contributed by atoms with Crippen LogP contribution in [0.5, 0.6) is 0 Å². The predicted molar refractivity (Wildman–Crippen MR) is 73.8 cm³/mol. The summed E-state index contributed by atoms with van der Waals surface area (Å²) in [6.07, 6.45) is 1.52. The predicted octanol–water partition coefficient (Wildman–Crippen LogP) is 1.73. The Balaban J connectivity index is 2.28. The molecule has 0 spiro atoms. The van der Waals surface area contributed by atoms with Gasteiger partial charge in [0, 0.05) is 6.20 Å². The van der Waals surface area contributed by atoms with Crippen molar-refractivity contribution in [3.8, 4) is 0 Å². The minimum Gasteiger partial charge on any atom is -0.394 e. The molecule has 1 aromatic heterocycles. The molecule has 0 aliphatic rings. The molecule has 0 bridgehead atoms. The monoisotopic (exact) mass is 313 g/mol. The molecule has 0 atom stereocenters. The molecule has 0 amide bonds. The van der Waals surface area contributed by atoms with Crippen LogP contribution in [0.2, 0.25) is 0 Å². The van der Waals surface area contributed by atoms with E-state index in [-0.39, 0.29) is 6.54 Å². The number of aromatic nitrogens is 1. The third-order valence-electron chi connectivity index (χ3n) is 2.93. The summed E-state index contributed by atoms with van der Waals surface area (Å²) >= 11 is 0. The fourth-order valence-corrected chi connectivity index (χ4v) is 2.78. The summed E-state index contributed by atoms with van der Waals surface area (Å²) in [6, 6.07) is 5.12. The zero-order valence-corrected chi connectivity index (χ0v) is 11.9. The van der Waals surface area contributed by atoms with Crippen LogP contribution in [-0.2, 0) is 16.6 Å². The van der Waals surface area contributed by atoms with E-state index in [2.05, 4.69) is 9.71 Å². The summed E-state index contributed by atoms with van der Waals surface area (Å²) in [4.78, 5) is 3.32. The Morgan fingerprint density at radius 3 is 2.67 bits per heavy atom. The van der Waals surface area contributed by atoms with E-state index in [0.717, 1.165) is 17.7 Å². The maximum Gasteiger partial charge on any atom is 0.243 e. The second-order valence-electron chi connectivity index (χ2n) is 4.36. The number of pyridine rings is 1. The molecule has 0 aliphatic heterocycles. The number of rotatable bonds is 4. The standard InChI is InChI=1S/C13H13F2N3O2S/c1-8-3-2-6-17-10(8)7-18-21(19,20)11-5-4-9(14)13(16)12(11)15/h2-6,18H,7,16H2,1H3. The van der Waals surface area contributed by atoms with Crippen molar-refractivity contribution in [1.82, 2.24) is 9.71 Å². The van der Waals surface area contributed by atoms with E-state index in [1.165, 1.54) is 6.20 Å². The van der Waals surface area contributed by atoms with Gasteiger partial charge in [0.1, 0.15) is 16.4 Å². The van der Waals surface area contributed by atoms with Crippen LogP contribution in [0.1, 0.15) is 11.3 Å². The minimum atomic E-state index is -4.16. The maximum atomic E-state index is 13.8. The molecule has 8 heteroatoms. The molecule has 1 heterocycles. The van der Waals surface area contributed by atoms with Crippen molar-refractivity contribution >= 4 is 15.7 Å². The van der Waals surface area contributed by atoms with Gasteiger partial charge in [-0.2, -0.15) is 0 Å². The SMILES string of the molecule is Cc1cccnc1CNS(=O)(=O)c1ccc(F)c(N)c1F. The molecule has 0 aliphatic carbocycles.